The van der Waals surface area contributed by atoms with Crippen molar-refractivity contribution in [2.45, 2.75) is 45.1 Å². The molecule has 1 atom stereocenters. The molecule has 1 heterocycles. The molecule has 4 nitrogen and oxygen atoms in total. The molecule has 2 N–H and O–H groups in total. The van der Waals surface area contributed by atoms with E-state index in [2.05, 4.69) is 48.3 Å². The van der Waals surface area contributed by atoms with Crippen LogP contribution in [0.2, 0.25) is 0 Å². The highest BCUT2D eigenvalue weighted by Crippen LogP contribution is 2.42. The van der Waals surface area contributed by atoms with Crippen molar-refractivity contribution in [2.24, 2.45) is 5.92 Å². The van der Waals surface area contributed by atoms with Gasteiger partial charge in [-0.25, -0.2) is 9.97 Å². The summed E-state index contributed by atoms with van der Waals surface area (Å²) in [6.07, 6.45) is 2.38. The van der Waals surface area contributed by atoms with Crippen LogP contribution in [0.25, 0.3) is 0 Å². The molecule has 1 aromatic heterocycles. The third kappa shape index (κ3) is 2.77. The molecular weight excluding hydrogens is 341 g/mol. The maximum atomic E-state index is 6.02. The summed E-state index contributed by atoms with van der Waals surface area (Å²) in [7, 11) is 1.72. The molecule has 1 fully saturated rings. The minimum atomic E-state index is -0.0375. The number of hydrogen-bond donors (Lipinski definition) is 1. The molecule has 1 saturated carbocycles. The van der Waals surface area contributed by atoms with Gasteiger partial charge in [0.1, 0.15) is 11.9 Å². The second-order valence-electron chi connectivity index (χ2n) is 5.87. The van der Waals surface area contributed by atoms with Gasteiger partial charge in [-0.3, -0.25) is 0 Å². The molecule has 5 heteroatoms. The van der Waals surface area contributed by atoms with E-state index in [9.17, 15) is 0 Å². The van der Waals surface area contributed by atoms with Crippen molar-refractivity contribution in [3.05, 3.63) is 15.1 Å². The molecule has 0 spiro atoms. The SMILES string of the molecule is COC(c1nc(N)c(I)c(C(C)(C)C)n1)C1CC1. The number of methoxy groups -OCH3 is 1. The smallest absolute Gasteiger partial charge is 0.160 e. The van der Waals surface area contributed by atoms with Gasteiger partial charge >= 0.3 is 0 Å². The molecule has 18 heavy (non-hydrogen) atoms. The Morgan fingerprint density at radius 1 is 1.33 bits per heavy atom. The van der Waals surface area contributed by atoms with Crippen molar-refractivity contribution in [3.8, 4) is 0 Å². The van der Waals surface area contributed by atoms with E-state index in [1.54, 1.807) is 7.11 Å². The Labute approximate surface area is 122 Å². The first kappa shape index (κ1) is 14.0. The fourth-order valence-electron chi connectivity index (χ4n) is 2.01. The van der Waals surface area contributed by atoms with Gasteiger partial charge in [0.05, 0.1) is 9.26 Å². The number of anilines is 1. The number of hydrogen-bond acceptors (Lipinski definition) is 4. The van der Waals surface area contributed by atoms with Gasteiger partial charge in [-0.2, -0.15) is 0 Å². The lowest BCUT2D eigenvalue weighted by atomic mass is 9.91. The number of nitrogens with zero attached hydrogens (tertiary/aromatic N) is 2. The molecule has 2 rings (SSSR count). The fourth-order valence-corrected chi connectivity index (χ4v) is 3.06. The van der Waals surface area contributed by atoms with Crippen molar-refractivity contribution < 1.29 is 4.74 Å². The first-order valence-electron chi connectivity index (χ1n) is 6.20. The lowest BCUT2D eigenvalue weighted by Crippen LogP contribution is -2.21. The van der Waals surface area contributed by atoms with Crippen molar-refractivity contribution in [1.82, 2.24) is 9.97 Å². The highest BCUT2D eigenvalue weighted by molar-refractivity contribution is 14.1. The minimum absolute atomic E-state index is 0.00889. The van der Waals surface area contributed by atoms with E-state index in [1.165, 1.54) is 12.8 Å². The predicted octanol–water partition coefficient (Wildman–Crippen LogP) is 3.06. The summed E-state index contributed by atoms with van der Waals surface area (Å²) >= 11 is 2.22. The number of ether oxygens (including phenoxy) is 1. The van der Waals surface area contributed by atoms with Crippen LogP contribution in [-0.4, -0.2) is 17.1 Å². The molecule has 1 aliphatic rings. The van der Waals surface area contributed by atoms with Crippen LogP contribution in [0.1, 0.15) is 51.2 Å². The molecule has 0 radical (unpaired) electrons. The van der Waals surface area contributed by atoms with E-state index in [4.69, 9.17) is 15.5 Å². The zero-order chi connectivity index (χ0) is 13.5. The normalized spacial score (nSPS) is 17.8. The Bertz CT molecular complexity index is 452. The highest BCUT2D eigenvalue weighted by Gasteiger charge is 2.35. The van der Waals surface area contributed by atoms with Crippen LogP contribution in [0.15, 0.2) is 0 Å². The van der Waals surface area contributed by atoms with E-state index in [0.29, 0.717) is 11.7 Å². The second kappa shape index (κ2) is 4.92. The molecule has 1 aliphatic carbocycles. The van der Waals surface area contributed by atoms with Crippen LogP contribution < -0.4 is 5.73 Å². The van der Waals surface area contributed by atoms with Gasteiger partial charge in [0.2, 0.25) is 0 Å². The van der Waals surface area contributed by atoms with Crippen molar-refractivity contribution in [3.63, 3.8) is 0 Å². The Morgan fingerprint density at radius 2 is 1.94 bits per heavy atom. The highest BCUT2D eigenvalue weighted by atomic mass is 127. The summed E-state index contributed by atoms with van der Waals surface area (Å²) in [5.41, 5.74) is 6.99. The van der Waals surface area contributed by atoms with Crippen molar-refractivity contribution in [2.75, 3.05) is 12.8 Å². The van der Waals surface area contributed by atoms with E-state index >= 15 is 0 Å². The largest absolute Gasteiger partial charge is 0.383 e. The standard InChI is InChI=1S/C13H20IN3O/c1-13(2,3)10-8(14)11(15)17-12(16-10)9(18-4)7-5-6-7/h7,9H,5-6H2,1-4H3,(H2,15,16,17). The Balaban J connectivity index is 2.46. The zero-order valence-electron chi connectivity index (χ0n) is 11.3. The lowest BCUT2D eigenvalue weighted by molar-refractivity contribution is 0.0769. The summed E-state index contributed by atoms with van der Waals surface area (Å²) in [4.78, 5) is 9.13. The van der Waals surface area contributed by atoms with E-state index in [-0.39, 0.29) is 11.5 Å². The molecule has 0 amide bonds. The summed E-state index contributed by atoms with van der Waals surface area (Å²) in [5.74, 6) is 1.86. The second-order valence-corrected chi connectivity index (χ2v) is 6.95. The molecule has 0 aliphatic heterocycles. The quantitative estimate of drug-likeness (QED) is 0.841. The van der Waals surface area contributed by atoms with Gasteiger partial charge in [-0.05, 0) is 41.4 Å². The van der Waals surface area contributed by atoms with Gasteiger partial charge in [0, 0.05) is 12.5 Å². The first-order chi connectivity index (χ1) is 8.34. The molecule has 0 bridgehead atoms. The summed E-state index contributed by atoms with van der Waals surface area (Å²) in [6, 6.07) is 0. The summed E-state index contributed by atoms with van der Waals surface area (Å²) < 4.78 is 6.49. The Kier molecular flexibility index (Phi) is 3.82. The predicted molar refractivity (Wildman–Crippen MR) is 80.3 cm³/mol. The number of nitrogen functional groups attached to an aromatic ring is 1. The molecule has 0 saturated heterocycles. The van der Waals surface area contributed by atoms with Gasteiger partial charge in [-0.1, -0.05) is 20.8 Å². The number of halogens is 1. The topological polar surface area (TPSA) is 61.0 Å². The average Bonchev–Trinajstić information content (AvgIpc) is 3.06. The molecule has 1 aromatic rings. The molecular formula is C13H20IN3O. The van der Waals surface area contributed by atoms with Crippen LogP contribution >= 0.6 is 22.6 Å². The Hall–Kier alpha value is -0.430. The van der Waals surface area contributed by atoms with E-state index < -0.39 is 0 Å². The maximum Gasteiger partial charge on any atom is 0.160 e. The molecule has 0 aromatic carbocycles. The van der Waals surface area contributed by atoms with Crippen molar-refractivity contribution in [1.29, 1.82) is 0 Å². The van der Waals surface area contributed by atoms with Gasteiger partial charge in [-0.15, -0.1) is 0 Å². The van der Waals surface area contributed by atoms with Crippen LogP contribution in [0.4, 0.5) is 5.82 Å². The van der Waals surface area contributed by atoms with Gasteiger partial charge < -0.3 is 10.5 Å². The molecule has 100 valence electrons. The van der Waals surface area contributed by atoms with Gasteiger partial charge in [0.15, 0.2) is 5.82 Å². The van der Waals surface area contributed by atoms with Crippen LogP contribution in [0.5, 0.6) is 0 Å². The van der Waals surface area contributed by atoms with Crippen LogP contribution in [0, 0.1) is 9.49 Å². The van der Waals surface area contributed by atoms with E-state index in [1.807, 2.05) is 0 Å². The van der Waals surface area contributed by atoms with Gasteiger partial charge in [0.25, 0.3) is 0 Å². The third-order valence-electron chi connectivity index (χ3n) is 3.16. The van der Waals surface area contributed by atoms with Crippen molar-refractivity contribution >= 4 is 28.4 Å². The number of nitrogens with two attached hydrogens (primary N) is 1. The number of rotatable bonds is 3. The lowest BCUT2D eigenvalue weighted by Gasteiger charge is -2.23. The van der Waals surface area contributed by atoms with Crippen LogP contribution in [0.3, 0.4) is 0 Å². The monoisotopic (exact) mass is 361 g/mol. The fraction of sp³-hybridized carbons (Fsp3) is 0.692. The first-order valence-corrected chi connectivity index (χ1v) is 7.28. The molecule has 1 unspecified atom stereocenters. The average molecular weight is 361 g/mol. The minimum Gasteiger partial charge on any atom is -0.383 e. The Morgan fingerprint density at radius 3 is 2.39 bits per heavy atom. The zero-order valence-corrected chi connectivity index (χ0v) is 13.5. The third-order valence-corrected chi connectivity index (χ3v) is 4.23. The summed E-state index contributed by atoms with van der Waals surface area (Å²) in [5, 5.41) is 0. The van der Waals surface area contributed by atoms with Crippen LogP contribution in [-0.2, 0) is 10.2 Å². The van der Waals surface area contributed by atoms with E-state index in [0.717, 1.165) is 15.1 Å². The number of aromatic nitrogens is 2. The summed E-state index contributed by atoms with van der Waals surface area (Å²) in [6.45, 7) is 6.42. The maximum absolute atomic E-state index is 6.02.